The van der Waals surface area contributed by atoms with Crippen molar-refractivity contribution in [1.82, 2.24) is 15.1 Å². The molecule has 0 aromatic carbocycles. The highest BCUT2D eigenvalue weighted by molar-refractivity contribution is 4.86. The lowest BCUT2D eigenvalue weighted by Crippen LogP contribution is -2.43. The lowest BCUT2D eigenvalue weighted by molar-refractivity contribution is 0.142. The maximum Gasteiger partial charge on any atom is 0.0106 e. The topological polar surface area (TPSA) is 18.5 Å². The van der Waals surface area contributed by atoms with Gasteiger partial charge in [0.05, 0.1) is 0 Å². The van der Waals surface area contributed by atoms with Gasteiger partial charge in [-0.3, -0.25) is 0 Å². The van der Waals surface area contributed by atoms with Gasteiger partial charge < -0.3 is 15.1 Å². The highest BCUT2D eigenvalue weighted by Gasteiger charge is 2.31. The van der Waals surface area contributed by atoms with E-state index in [1.165, 1.54) is 58.2 Å². The number of rotatable bonds is 7. The molecule has 3 nitrogen and oxygen atoms in total. The first-order chi connectivity index (χ1) is 8.58. The van der Waals surface area contributed by atoms with E-state index in [1.807, 2.05) is 0 Å². The Morgan fingerprint density at radius 2 is 1.56 bits per heavy atom. The third-order valence-electron chi connectivity index (χ3n) is 4.25. The number of nitrogens with zero attached hydrogens (tertiary/aromatic N) is 2. The zero-order valence-electron chi connectivity index (χ0n) is 13.0. The van der Waals surface area contributed by atoms with Crippen LogP contribution in [0.5, 0.6) is 0 Å². The maximum absolute atomic E-state index is 3.44. The minimum Gasteiger partial charge on any atom is -0.319 e. The van der Waals surface area contributed by atoms with Crippen molar-refractivity contribution in [2.45, 2.75) is 38.5 Å². The molecule has 1 rings (SSSR count). The van der Waals surface area contributed by atoms with Gasteiger partial charge in [0, 0.05) is 26.2 Å². The van der Waals surface area contributed by atoms with Crippen LogP contribution in [0.2, 0.25) is 0 Å². The Bertz CT molecular complexity index is 208. The number of hydrogen-bond donors (Lipinski definition) is 1. The lowest BCUT2D eigenvalue weighted by atomic mass is 9.79. The highest BCUT2D eigenvalue weighted by atomic mass is 15.2. The van der Waals surface area contributed by atoms with E-state index in [9.17, 15) is 0 Å². The summed E-state index contributed by atoms with van der Waals surface area (Å²) in [6.45, 7) is 4.77. The monoisotopic (exact) mass is 255 g/mol. The van der Waals surface area contributed by atoms with Crippen LogP contribution < -0.4 is 5.32 Å². The molecule has 0 aromatic rings. The van der Waals surface area contributed by atoms with Gasteiger partial charge in [0.25, 0.3) is 0 Å². The van der Waals surface area contributed by atoms with Crippen LogP contribution in [0.1, 0.15) is 38.5 Å². The maximum atomic E-state index is 3.44. The predicted octanol–water partition coefficient (Wildman–Crippen LogP) is 2.04. The third kappa shape index (κ3) is 5.68. The second-order valence-corrected chi connectivity index (χ2v) is 6.49. The molecule has 0 atom stereocenters. The van der Waals surface area contributed by atoms with Crippen LogP contribution in [0.4, 0.5) is 0 Å². The van der Waals surface area contributed by atoms with E-state index >= 15 is 0 Å². The molecule has 0 spiro atoms. The molecule has 1 N–H and O–H groups in total. The van der Waals surface area contributed by atoms with Gasteiger partial charge in [0.15, 0.2) is 0 Å². The highest BCUT2D eigenvalue weighted by Crippen LogP contribution is 2.35. The lowest BCUT2D eigenvalue weighted by Gasteiger charge is -2.37. The molecule has 0 aliphatic heterocycles. The van der Waals surface area contributed by atoms with E-state index in [4.69, 9.17) is 0 Å². The fraction of sp³-hybridized carbons (Fsp3) is 1.00. The van der Waals surface area contributed by atoms with Crippen LogP contribution in [0.25, 0.3) is 0 Å². The minimum atomic E-state index is 0.520. The molecule has 0 radical (unpaired) electrons. The summed E-state index contributed by atoms with van der Waals surface area (Å²) < 4.78 is 0. The van der Waals surface area contributed by atoms with Crippen LogP contribution >= 0.6 is 0 Å². The van der Waals surface area contributed by atoms with E-state index in [1.54, 1.807) is 0 Å². The summed E-state index contributed by atoms with van der Waals surface area (Å²) in [7, 11) is 8.70. The molecule has 3 heteroatoms. The predicted molar refractivity (Wildman–Crippen MR) is 80.1 cm³/mol. The summed E-state index contributed by atoms with van der Waals surface area (Å²) in [5.74, 6) is 0. The summed E-state index contributed by atoms with van der Waals surface area (Å²) in [5, 5.41) is 3.44. The average molecular weight is 255 g/mol. The molecule has 108 valence electrons. The van der Waals surface area contributed by atoms with Crippen molar-refractivity contribution in [2.75, 3.05) is 54.4 Å². The zero-order valence-corrected chi connectivity index (χ0v) is 13.0. The Balaban J connectivity index is 2.49. The summed E-state index contributed by atoms with van der Waals surface area (Å²) in [6, 6.07) is 0. The Kier molecular flexibility index (Phi) is 7.20. The molecule has 1 aliphatic carbocycles. The molecule has 1 saturated carbocycles. The van der Waals surface area contributed by atoms with Crippen molar-refractivity contribution >= 4 is 0 Å². The molecule has 0 heterocycles. The Morgan fingerprint density at radius 3 is 2.06 bits per heavy atom. The SMILES string of the molecule is CNCC1(CN(C)CCN(C)C)CCCCCC1. The van der Waals surface area contributed by atoms with Crippen LogP contribution in [-0.4, -0.2) is 64.2 Å². The Morgan fingerprint density at radius 1 is 0.944 bits per heavy atom. The molecular weight excluding hydrogens is 222 g/mol. The van der Waals surface area contributed by atoms with E-state index in [2.05, 4.69) is 43.3 Å². The Hall–Kier alpha value is -0.120. The van der Waals surface area contributed by atoms with Gasteiger partial charge >= 0.3 is 0 Å². The van der Waals surface area contributed by atoms with Crippen molar-refractivity contribution in [3.05, 3.63) is 0 Å². The van der Waals surface area contributed by atoms with E-state index < -0.39 is 0 Å². The first kappa shape index (κ1) is 15.9. The molecule has 0 aromatic heterocycles. The number of hydrogen-bond acceptors (Lipinski definition) is 3. The van der Waals surface area contributed by atoms with Crippen LogP contribution in [0.15, 0.2) is 0 Å². The molecule has 1 fully saturated rings. The first-order valence-corrected chi connectivity index (χ1v) is 7.56. The summed E-state index contributed by atoms with van der Waals surface area (Å²) in [4.78, 5) is 4.80. The molecule has 0 unspecified atom stereocenters. The van der Waals surface area contributed by atoms with Crippen molar-refractivity contribution in [3.63, 3.8) is 0 Å². The van der Waals surface area contributed by atoms with E-state index in [0.29, 0.717) is 5.41 Å². The van der Waals surface area contributed by atoms with Crippen molar-refractivity contribution in [2.24, 2.45) is 5.41 Å². The van der Waals surface area contributed by atoms with Gasteiger partial charge in [-0.1, -0.05) is 25.7 Å². The van der Waals surface area contributed by atoms with Crippen molar-refractivity contribution in [3.8, 4) is 0 Å². The van der Waals surface area contributed by atoms with E-state index in [0.717, 1.165) is 6.54 Å². The fourth-order valence-electron chi connectivity index (χ4n) is 3.27. The van der Waals surface area contributed by atoms with Crippen molar-refractivity contribution in [1.29, 1.82) is 0 Å². The molecule has 18 heavy (non-hydrogen) atoms. The van der Waals surface area contributed by atoms with Crippen molar-refractivity contribution < 1.29 is 0 Å². The molecule has 0 saturated heterocycles. The number of likely N-dealkylation sites (N-methyl/N-ethyl adjacent to an activating group) is 2. The fourth-order valence-corrected chi connectivity index (χ4v) is 3.27. The molecule has 0 amide bonds. The number of nitrogens with one attached hydrogen (secondary N) is 1. The van der Waals surface area contributed by atoms with Gasteiger partial charge in [-0.05, 0) is 46.4 Å². The second kappa shape index (κ2) is 8.13. The molecule has 1 aliphatic rings. The second-order valence-electron chi connectivity index (χ2n) is 6.49. The summed E-state index contributed by atoms with van der Waals surface area (Å²) in [5.41, 5.74) is 0.520. The Labute approximate surface area is 114 Å². The normalized spacial score (nSPS) is 20.3. The minimum absolute atomic E-state index is 0.520. The van der Waals surface area contributed by atoms with Crippen LogP contribution in [-0.2, 0) is 0 Å². The smallest absolute Gasteiger partial charge is 0.0106 e. The molecule has 0 bridgehead atoms. The average Bonchev–Trinajstić information content (AvgIpc) is 2.53. The summed E-state index contributed by atoms with van der Waals surface area (Å²) >= 11 is 0. The quantitative estimate of drug-likeness (QED) is 0.702. The largest absolute Gasteiger partial charge is 0.319 e. The van der Waals surface area contributed by atoms with Gasteiger partial charge in [0.2, 0.25) is 0 Å². The van der Waals surface area contributed by atoms with E-state index in [-0.39, 0.29) is 0 Å². The van der Waals surface area contributed by atoms with Gasteiger partial charge in [-0.15, -0.1) is 0 Å². The van der Waals surface area contributed by atoms with Crippen LogP contribution in [0, 0.1) is 5.41 Å². The third-order valence-corrected chi connectivity index (χ3v) is 4.25. The standard InChI is InChI=1S/C15H33N3/c1-16-13-15(9-7-5-6-8-10-15)14-18(4)12-11-17(2)3/h16H,5-14H2,1-4H3. The van der Waals surface area contributed by atoms with Gasteiger partial charge in [0.1, 0.15) is 0 Å². The zero-order chi connectivity index (χ0) is 13.4. The molecular formula is C15H33N3. The van der Waals surface area contributed by atoms with Gasteiger partial charge in [-0.2, -0.15) is 0 Å². The first-order valence-electron chi connectivity index (χ1n) is 7.56. The summed E-state index contributed by atoms with van der Waals surface area (Å²) in [6.07, 6.45) is 8.52. The van der Waals surface area contributed by atoms with Crippen LogP contribution in [0.3, 0.4) is 0 Å². The van der Waals surface area contributed by atoms with Gasteiger partial charge in [-0.25, -0.2) is 0 Å².